The normalized spacial score (nSPS) is 22.8. The van der Waals surface area contributed by atoms with Gasteiger partial charge in [0.25, 0.3) is 5.91 Å². The molecule has 1 aliphatic rings. The Morgan fingerprint density at radius 3 is 3.00 bits per heavy atom. The summed E-state index contributed by atoms with van der Waals surface area (Å²) in [4.78, 5) is 12.4. The second-order valence-corrected chi connectivity index (χ2v) is 6.85. The number of para-hydroxylation sites is 1. The Labute approximate surface area is 131 Å². The van der Waals surface area contributed by atoms with Crippen molar-refractivity contribution in [1.82, 2.24) is 15.5 Å². The molecular weight excluding hydrogens is 274 g/mol. The Hall–Kier alpha value is -1.84. The van der Waals surface area contributed by atoms with E-state index >= 15 is 0 Å². The van der Waals surface area contributed by atoms with Gasteiger partial charge in [-0.2, -0.15) is 5.10 Å². The van der Waals surface area contributed by atoms with Gasteiger partial charge in [-0.1, -0.05) is 38.0 Å². The molecule has 22 heavy (non-hydrogen) atoms. The molecule has 3 atom stereocenters. The molecule has 2 N–H and O–H groups in total. The third kappa shape index (κ3) is 3.32. The SMILES string of the molecule is CC1CCC(CCC(C)NC(=O)c2n[nH]c3ccccc23)C1. The topological polar surface area (TPSA) is 57.8 Å². The van der Waals surface area contributed by atoms with Crippen LogP contribution >= 0.6 is 0 Å². The summed E-state index contributed by atoms with van der Waals surface area (Å²) in [5, 5.41) is 11.0. The molecule has 1 aliphatic carbocycles. The monoisotopic (exact) mass is 299 g/mol. The van der Waals surface area contributed by atoms with Crippen LogP contribution in [-0.4, -0.2) is 22.1 Å². The van der Waals surface area contributed by atoms with Crippen molar-refractivity contribution in [2.24, 2.45) is 11.8 Å². The second kappa shape index (κ2) is 6.51. The Balaban J connectivity index is 1.54. The van der Waals surface area contributed by atoms with Crippen molar-refractivity contribution in [3.05, 3.63) is 30.0 Å². The molecule has 0 bridgehead atoms. The van der Waals surface area contributed by atoms with Crippen molar-refractivity contribution in [2.75, 3.05) is 0 Å². The van der Waals surface area contributed by atoms with E-state index in [1.54, 1.807) is 0 Å². The smallest absolute Gasteiger partial charge is 0.272 e. The average Bonchev–Trinajstić information content (AvgIpc) is 3.11. The van der Waals surface area contributed by atoms with E-state index in [9.17, 15) is 4.79 Å². The number of hydrogen-bond acceptors (Lipinski definition) is 2. The minimum atomic E-state index is -0.0789. The zero-order valence-electron chi connectivity index (χ0n) is 13.4. The molecule has 0 aliphatic heterocycles. The highest BCUT2D eigenvalue weighted by Crippen LogP contribution is 2.33. The highest BCUT2D eigenvalue weighted by atomic mass is 16.2. The molecule has 4 nitrogen and oxygen atoms in total. The lowest BCUT2D eigenvalue weighted by Gasteiger charge is -2.16. The molecule has 1 fully saturated rings. The molecule has 1 aromatic carbocycles. The molecule has 1 saturated carbocycles. The molecule has 0 saturated heterocycles. The molecule has 118 valence electrons. The van der Waals surface area contributed by atoms with Gasteiger partial charge in [0, 0.05) is 11.4 Å². The van der Waals surface area contributed by atoms with Gasteiger partial charge in [-0.25, -0.2) is 0 Å². The fourth-order valence-electron chi connectivity index (χ4n) is 3.57. The van der Waals surface area contributed by atoms with E-state index in [1.165, 1.54) is 25.7 Å². The summed E-state index contributed by atoms with van der Waals surface area (Å²) in [6, 6.07) is 7.92. The van der Waals surface area contributed by atoms with Gasteiger partial charge in [0.15, 0.2) is 5.69 Å². The lowest BCUT2D eigenvalue weighted by Crippen LogP contribution is -2.33. The number of carbonyl (C=O) groups excluding carboxylic acids is 1. The number of nitrogens with one attached hydrogen (secondary N) is 2. The maximum Gasteiger partial charge on any atom is 0.272 e. The zero-order chi connectivity index (χ0) is 15.5. The number of benzene rings is 1. The summed E-state index contributed by atoms with van der Waals surface area (Å²) in [5.74, 6) is 1.65. The van der Waals surface area contributed by atoms with Gasteiger partial charge < -0.3 is 5.32 Å². The van der Waals surface area contributed by atoms with E-state index in [0.717, 1.165) is 29.2 Å². The average molecular weight is 299 g/mol. The number of rotatable bonds is 5. The van der Waals surface area contributed by atoms with Crippen molar-refractivity contribution in [1.29, 1.82) is 0 Å². The lowest BCUT2D eigenvalue weighted by atomic mass is 9.98. The van der Waals surface area contributed by atoms with Gasteiger partial charge in [-0.15, -0.1) is 0 Å². The number of amides is 1. The Morgan fingerprint density at radius 1 is 1.41 bits per heavy atom. The van der Waals surface area contributed by atoms with E-state index in [0.29, 0.717) is 5.69 Å². The zero-order valence-corrected chi connectivity index (χ0v) is 13.4. The van der Waals surface area contributed by atoms with Crippen molar-refractivity contribution < 1.29 is 4.79 Å². The maximum atomic E-state index is 12.4. The molecule has 1 amide bonds. The summed E-state index contributed by atoms with van der Waals surface area (Å²) in [5.41, 5.74) is 1.40. The van der Waals surface area contributed by atoms with E-state index in [1.807, 2.05) is 24.3 Å². The van der Waals surface area contributed by atoms with Gasteiger partial charge in [0.2, 0.25) is 0 Å². The van der Waals surface area contributed by atoms with Crippen LogP contribution in [0.25, 0.3) is 10.9 Å². The number of fused-ring (bicyclic) bond motifs is 1. The molecular formula is C18H25N3O. The molecule has 0 radical (unpaired) electrons. The third-order valence-corrected chi connectivity index (χ3v) is 4.87. The minimum absolute atomic E-state index is 0.0789. The fourth-order valence-corrected chi connectivity index (χ4v) is 3.57. The summed E-state index contributed by atoms with van der Waals surface area (Å²) in [7, 11) is 0. The van der Waals surface area contributed by atoms with Crippen LogP contribution in [-0.2, 0) is 0 Å². The number of carbonyl (C=O) groups is 1. The lowest BCUT2D eigenvalue weighted by molar-refractivity contribution is 0.0933. The molecule has 2 aromatic rings. The first-order valence-corrected chi connectivity index (χ1v) is 8.37. The van der Waals surface area contributed by atoms with Crippen molar-refractivity contribution in [3.63, 3.8) is 0 Å². The van der Waals surface area contributed by atoms with Gasteiger partial charge in [-0.3, -0.25) is 9.89 Å². The molecule has 4 heteroatoms. The van der Waals surface area contributed by atoms with Gasteiger partial charge in [0.05, 0.1) is 5.52 Å². The van der Waals surface area contributed by atoms with E-state index in [4.69, 9.17) is 0 Å². The predicted molar refractivity (Wildman–Crippen MR) is 88.8 cm³/mol. The van der Waals surface area contributed by atoms with Gasteiger partial charge >= 0.3 is 0 Å². The van der Waals surface area contributed by atoms with E-state index in [-0.39, 0.29) is 11.9 Å². The standard InChI is InChI=1S/C18H25N3O/c1-12-7-9-14(11-12)10-8-13(2)19-18(22)17-15-5-3-4-6-16(15)20-21-17/h3-6,12-14H,7-11H2,1-2H3,(H,19,22)(H,20,21). The second-order valence-electron chi connectivity index (χ2n) is 6.85. The first-order valence-electron chi connectivity index (χ1n) is 8.37. The molecule has 0 spiro atoms. The Kier molecular flexibility index (Phi) is 4.46. The van der Waals surface area contributed by atoms with Crippen LogP contribution in [0.5, 0.6) is 0 Å². The van der Waals surface area contributed by atoms with Crippen LogP contribution in [0.1, 0.15) is 56.4 Å². The van der Waals surface area contributed by atoms with Crippen LogP contribution in [0.15, 0.2) is 24.3 Å². The van der Waals surface area contributed by atoms with Crippen LogP contribution in [0, 0.1) is 11.8 Å². The number of hydrogen-bond donors (Lipinski definition) is 2. The summed E-state index contributed by atoms with van der Waals surface area (Å²) in [6.45, 7) is 4.43. The van der Waals surface area contributed by atoms with Gasteiger partial charge in [0.1, 0.15) is 0 Å². The molecule has 1 aromatic heterocycles. The van der Waals surface area contributed by atoms with Crippen LogP contribution in [0.2, 0.25) is 0 Å². The number of nitrogens with zero attached hydrogens (tertiary/aromatic N) is 1. The first-order chi connectivity index (χ1) is 10.6. The summed E-state index contributed by atoms with van der Waals surface area (Å²) in [6.07, 6.45) is 6.33. The molecule has 1 heterocycles. The summed E-state index contributed by atoms with van der Waals surface area (Å²) < 4.78 is 0. The maximum absolute atomic E-state index is 12.4. The van der Waals surface area contributed by atoms with E-state index in [2.05, 4.69) is 29.4 Å². The van der Waals surface area contributed by atoms with Crippen LogP contribution < -0.4 is 5.32 Å². The van der Waals surface area contributed by atoms with Crippen LogP contribution in [0.3, 0.4) is 0 Å². The molecule has 3 rings (SSSR count). The van der Waals surface area contributed by atoms with Gasteiger partial charge in [-0.05, 0) is 44.1 Å². The molecule has 3 unspecified atom stereocenters. The van der Waals surface area contributed by atoms with Crippen molar-refractivity contribution in [3.8, 4) is 0 Å². The van der Waals surface area contributed by atoms with Crippen molar-refractivity contribution in [2.45, 2.75) is 52.0 Å². The largest absolute Gasteiger partial charge is 0.348 e. The Morgan fingerprint density at radius 2 is 2.23 bits per heavy atom. The predicted octanol–water partition coefficient (Wildman–Crippen LogP) is 3.90. The first kappa shape index (κ1) is 15.1. The quantitative estimate of drug-likeness (QED) is 0.879. The summed E-state index contributed by atoms with van der Waals surface area (Å²) >= 11 is 0. The van der Waals surface area contributed by atoms with Crippen molar-refractivity contribution >= 4 is 16.8 Å². The fraction of sp³-hybridized carbons (Fsp3) is 0.556. The van der Waals surface area contributed by atoms with Crippen LogP contribution in [0.4, 0.5) is 0 Å². The number of aromatic nitrogens is 2. The highest BCUT2D eigenvalue weighted by molar-refractivity contribution is 6.04. The number of H-pyrrole nitrogens is 1. The third-order valence-electron chi connectivity index (χ3n) is 4.87. The number of aromatic amines is 1. The van der Waals surface area contributed by atoms with E-state index < -0.39 is 0 Å². The minimum Gasteiger partial charge on any atom is -0.348 e. The Bertz CT molecular complexity index is 649. The highest BCUT2D eigenvalue weighted by Gasteiger charge is 2.22.